The standard InChI is InChI=1S/C44H60N6O4/c1-7-13-15-17-19-39(51)49(11-5)41(45-9-3)33-25-29-37(30-26-33)47-43(53)35-21-23-36(24-22-35)44(54)48-38-31-27-34(28-32-38)42(46-10-4)50(12-6)40(52)20-18-16-14-8-2/h21-32H,7-20H2,1-6H3,(H,47,53)(H,48,54). The highest BCUT2D eigenvalue weighted by Crippen LogP contribution is 2.18. The van der Waals surface area contributed by atoms with Gasteiger partial charge in [0.2, 0.25) is 11.8 Å². The summed E-state index contributed by atoms with van der Waals surface area (Å²) in [6, 6.07) is 21.1. The van der Waals surface area contributed by atoms with E-state index in [-0.39, 0.29) is 23.6 Å². The van der Waals surface area contributed by atoms with E-state index in [9.17, 15) is 19.2 Å². The molecule has 0 aliphatic heterocycles. The number of nitrogens with one attached hydrogen (secondary N) is 2. The van der Waals surface area contributed by atoms with Crippen LogP contribution in [0.5, 0.6) is 0 Å². The SMILES string of the molecule is CCCCCCC(=O)N(CC)C(=NCC)c1ccc(NC(=O)c2ccc(C(=O)Nc3ccc(C(=NCC)N(CC)C(=O)CCCCCC)cc3)cc2)cc1. The van der Waals surface area contributed by atoms with Crippen molar-refractivity contribution in [3.05, 3.63) is 95.1 Å². The quantitative estimate of drug-likeness (QED) is 0.0682. The van der Waals surface area contributed by atoms with Crippen LogP contribution in [0, 0.1) is 0 Å². The zero-order chi connectivity index (χ0) is 39.3. The van der Waals surface area contributed by atoms with Crippen LogP contribution >= 0.6 is 0 Å². The van der Waals surface area contributed by atoms with Crippen molar-refractivity contribution in [1.82, 2.24) is 9.80 Å². The van der Waals surface area contributed by atoms with Crippen LogP contribution in [0.3, 0.4) is 0 Å². The maximum absolute atomic E-state index is 13.1. The highest BCUT2D eigenvalue weighted by Gasteiger charge is 2.21. The average molecular weight is 737 g/mol. The lowest BCUT2D eigenvalue weighted by atomic mass is 10.1. The lowest BCUT2D eigenvalue weighted by Crippen LogP contribution is -2.37. The summed E-state index contributed by atoms with van der Waals surface area (Å²) in [6.07, 6.45) is 9.29. The lowest BCUT2D eigenvalue weighted by molar-refractivity contribution is -0.128. The van der Waals surface area contributed by atoms with Crippen molar-refractivity contribution in [3.8, 4) is 0 Å². The highest BCUT2D eigenvalue weighted by molar-refractivity contribution is 6.10. The maximum atomic E-state index is 13.1. The zero-order valence-electron chi connectivity index (χ0n) is 33.2. The Morgan fingerprint density at radius 1 is 0.463 bits per heavy atom. The first-order valence-corrected chi connectivity index (χ1v) is 19.8. The second-order valence-electron chi connectivity index (χ2n) is 13.1. The number of benzene rings is 3. The number of anilines is 2. The van der Waals surface area contributed by atoms with Crippen molar-refractivity contribution < 1.29 is 19.2 Å². The molecule has 3 aromatic rings. The molecule has 3 aromatic carbocycles. The van der Waals surface area contributed by atoms with Gasteiger partial charge in [-0.05, 0) is 113 Å². The van der Waals surface area contributed by atoms with Crippen molar-refractivity contribution in [2.75, 3.05) is 36.8 Å². The van der Waals surface area contributed by atoms with Crippen LogP contribution in [0.2, 0.25) is 0 Å². The third-order valence-electron chi connectivity index (χ3n) is 9.06. The molecule has 0 unspecified atom stereocenters. The first-order valence-electron chi connectivity index (χ1n) is 19.8. The van der Waals surface area contributed by atoms with Crippen molar-refractivity contribution >= 4 is 46.7 Å². The summed E-state index contributed by atoms with van der Waals surface area (Å²) < 4.78 is 0. The molecule has 3 rings (SSSR count). The Morgan fingerprint density at radius 3 is 1.09 bits per heavy atom. The number of hydrogen-bond acceptors (Lipinski definition) is 6. The van der Waals surface area contributed by atoms with Gasteiger partial charge in [0.15, 0.2) is 0 Å². The predicted molar refractivity (Wildman–Crippen MR) is 222 cm³/mol. The smallest absolute Gasteiger partial charge is 0.255 e. The Balaban J connectivity index is 1.62. The summed E-state index contributed by atoms with van der Waals surface area (Å²) >= 11 is 0. The molecule has 0 spiro atoms. The molecule has 290 valence electrons. The maximum Gasteiger partial charge on any atom is 0.255 e. The van der Waals surface area contributed by atoms with Gasteiger partial charge in [-0.3, -0.25) is 39.0 Å². The van der Waals surface area contributed by atoms with Crippen LogP contribution in [-0.4, -0.2) is 71.3 Å². The number of aliphatic imine (C=N–C) groups is 2. The molecule has 0 fully saturated rings. The topological polar surface area (TPSA) is 124 Å². The van der Waals surface area contributed by atoms with Gasteiger partial charge in [0.1, 0.15) is 11.7 Å². The monoisotopic (exact) mass is 736 g/mol. The van der Waals surface area contributed by atoms with E-state index < -0.39 is 0 Å². The number of unbranched alkanes of at least 4 members (excludes halogenated alkanes) is 6. The molecule has 0 bridgehead atoms. The van der Waals surface area contributed by atoms with Crippen molar-refractivity contribution in [2.45, 2.75) is 106 Å². The van der Waals surface area contributed by atoms with Crippen LogP contribution in [0.15, 0.2) is 82.8 Å². The fourth-order valence-corrected chi connectivity index (χ4v) is 6.11. The summed E-state index contributed by atoms with van der Waals surface area (Å²) in [5, 5.41) is 5.83. The summed E-state index contributed by atoms with van der Waals surface area (Å²) in [4.78, 5) is 65.1. The fourth-order valence-electron chi connectivity index (χ4n) is 6.11. The highest BCUT2D eigenvalue weighted by atomic mass is 16.2. The molecule has 54 heavy (non-hydrogen) atoms. The van der Waals surface area contributed by atoms with Crippen LogP contribution < -0.4 is 10.6 Å². The Labute approximate surface area is 322 Å². The largest absolute Gasteiger partial charge is 0.322 e. The minimum atomic E-state index is -0.310. The summed E-state index contributed by atoms with van der Waals surface area (Å²) in [5.41, 5.74) is 3.63. The number of carbonyl (C=O) groups is 4. The molecular formula is C44H60N6O4. The lowest BCUT2D eigenvalue weighted by Gasteiger charge is -2.23. The Bertz CT molecular complexity index is 1570. The summed E-state index contributed by atoms with van der Waals surface area (Å²) in [5.74, 6) is 0.800. The van der Waals surface area contributed by atoms with E-state index in [2.05, 4.69) is 34.5 Å². The molecule has 0 saturated carbocycles. The molecule has 0 aliphatic carbocycles. The third-order valence-corrected chi connectivity index (χ3v) is 9.06. The van der Waals surface area contributed by atoms with E-state index in [0.29, 0.717) is 73.2 Å². The van der Waals surface area contributed by atoms with Crippen molar-refractivity contribution in [2.24, 2.45) is 9.98 Å². The fraction of sp³-hybridized carbons (Fsp3) is 0.455. The first kappa shape index (κ1) is 43.3. The molecule has 0 aromatic heterocycles. The van der Waals surface area contributed by atoms with Gasteiger partial charge in [-0.25, -0.2) is 0 Å². The van der Waals surface area contributed by atoms with E-state index in [1.54, 1.807) is 58.3 Å². The zero-order valence-corrected chi connectivity index (χ0v) is 33.2. The predicted octanol–water partition coefficient (Wildman–Crippen LogP) is 9.36. The third kappa shape index (κ3) is 13.1. The van der Waals surface area contributed by atoms with Gasteiger partial charge in [-0.1, -0.05) is 52.4 Å². The molecule has 0 atom stereocenters. The van der Waals surface area contributed by atoms with Gasteiger partial charge >= 0.3 is 0 Å². The van der Waals surface area contributed by atoms with Gasteiger partial charge in [0, 0.05) is 72.6 Å². The van der Waals surface area contributed by atoms with Crippen LogP contribution in [0.4, 0.5) is 11.4 Å². The molecule has 10 heteroatoms. The van der Waals surface area contributed by atoms with E-state index >= 15 is 0 Å². The van der Waals surface area contributed by atoms with Gasteiger partial charge < -0.3 is 10.6 Å². The van der Waals surface area contributed by atoms with Crippen molar-refractivity contribution in [3.63, 3.8) is 0 Å². The number of amides is 4. The summed E-state index contributed by atoms with van der Waals surface area (Å²) in [7, 11) is 0. The van der Waals surface area contributed by atoms with Crippen LogP contribution in [-0.2, 0) is 9.59 Å². The number of amidine groups is 2. The average Bonchev–Trinajstić information content (AvgIpc) is 3.18. The molecular weight excluding hydrogens is 677 g/mol. The molecule has 0 saturated heterocycles. The van der Waals surface area contributed by atoms with E-state index in [1.807, 2.05) is 52.0 Å². The molecule has 10 nitrogen and oxygen atoms in total. The normalized spacial score (nSPS) is 11.6. The minimum absolute atomic E-state index is 0.0699. The molecule has 4 amide bonds. The minimum Gasteiger partial charge on any atom is -0.322 e. The molecule has 0 heterocycles. The Morgan fingerprint density at radius 2 is 0.796 bits per heavy atom. The van der Waals surface area contributed by atoms with Crippen molar-refractivity contribution in [1.29, 1.82) is 0 Å². The van der Waals surface area contributed by atoms with Gasteiger partial charge in [0.05, 0.1) is 0 Å². The number of carbonyl (C=O) groups excluding carboxylic acids is 4. The van der Waals surface area contributed by atoms with Crippen LogP contribution in [0.25, 0.3) is 0 Å². The molecule has 0 aliphatic rings. The second-order valence-corrected chi connectivity index (χ2v) is 13.1. The van der Waals surface area contributed by atoms with Crippen LogP contribution in [0.1, 0.15) is 138 Å². The molecule has 2 N–H and O–H groups in total. The molecule has 0 radical (unpaired) electrons. The number of hydrogen-bond donors (Lipinski definition) is 2. The second kappa shape index (κ2) is 23.5. The van der Waals surface area contributed by atoms with Gasteiger partial charge in [-0.2, -0.15) is 0 Å². The Kier molecular flexibility index (Phi) is 18.9. The number of rotatable bonds is 20. The van der Waals surface area contributed by atoms with Gasteiger partial charge in [-0.15, -0.1) is 0 Å². The van der Waals surface area contributed by atoms with E-state index in [4.69, 9.17) is 0 Å². The van der Waals surface area contributed by atoms with E-state index in [1.165, 1.54) is 0 Å². The Hall–Kier alpha value is -5.12. The van der Waals surface area contributed by atoms with Gasteiger partial charge in [0.25, 0.3) is 11.8 Å². The first-order chi connectivity index (χ1) is 26.2. The number of nitrogens with zero attached hydrogens (tertiary/aromatic N) is 4. The van der Waals surface area contributed by atoms with E-state index in [0.717, 1.165) is 62.5 Å². The summed E-state index contributed by atoms with van der Waals surface area (Å²) in [6.45, 7) is 14.3.